The molecule has 0 fully saturated rings. The lowest BCUT2D eigenvalue weighted by atomic mass is 10.2. The number of carboxylic acid groups (broad SMARTS) is 1. The fourth-order valence-electron chi connectivity index (χ4n) is 2.26. The molecule has 10 heteroatoms. The number of aromatic nitrogens is 4. The topological polar surface area (TPSA) is 122 Å². The summed E-state index contributed by atoms with van der Waals surface area (Å²) in [6.07, 6.45) is 0. The Labute approximate surface area is 158 Å². The van der Waals surface area contributed by atoms with Crippen LogP contribution in [0.5, 0.6) is 5.75 Å². The molecule has 2 aromatic carbocycles. The summed E-state index contributed by atoms with van der Waals surface area (Å²) in [5.74, 6) is -1.11. The molecule has 0 spiro atoms. The zero-order chi connectivity index (χ0) is 19.2. The summed E-state index contributed by atoms with van der Waals surface area (Å²) in [6, 6.07) is 13.2. The highest BCUT2D eigenvalue weighted by atomic mass is 32.2. The van der Waals surface area contributed by atoms with Crippen molar-refractivity contribution in [2.24, 2.45) is 0 Å². The molecule has 0 aliphatic rings. The van der Waals surface area contributed by atoms with E-state index in [1.54, 1.807) is 43.5 Å². The van der Waals surface area contributed by atoms with Gasteiger partial charge in [-0.1, -0.05) is 36.0 Å². The molecular weight excluding hydrogens is 370 g/mol. The summed E-state index contributed by atoms with van der Waals surface area (Å²) in [7, 11) is 1.56. The van der Waals surface area contributed by atoms with Gasteiger partial charge in [0, 0.05) is 17.3 Å². The van der Waals surface area contributed by atoms with Crippen LogP contribution < -0.4 is 15.2 Å². The van der Waals surface area contributed by atoms with Crippen LogP contribution in [0.3, 0.4) is 0 Å². The molecule has 1 amide bonds. The Bertz CT molecular complexity index is 975. The number of hydrogen-bond donors (Lipinski definition) is 1. The van der Waals surface area contributed by atoms with E-state index in [2.05, 4.69) is 20.8 Å². The molecular formula is C17H14N5O4S-. The predicted octanol–water partition coefficient (Wildman–Crippen LogP) is 0.765. The average Bonchev–Trinajstić information content (AvgIpc) is 3.15. The lowest BCUT2D eigenvalue weighted by Crippen LogP contribution is -2.25. The molecule has 0 unspecified atom stereocenters. The van der Waals surface area contributed by atoms with Crippen LogP contribution >= 0.6 is 11.8 Å². The molecule has 1 N–H and O–H groups in total. The lowest BCUT2D eigenvalue weighted by Gasteiger charge is -2.11. The van der Waals surface area contributed by atoms with Crippen molar-refractivity contribution < 1.29 is 19.4 Å². The van der Waals surface area contributed by atoms with Gasteiger partial charge in [-0.15, -0.1) is 5.10 Å². The van der Waals surface area contributed by atoms with Crippen LogP contribution in [0.15, 0.2) is 53.7 Å². The number of carbonyl (C=O) groups is 2. The Morgan fingerprint density at radius 2 is 2.04 bits per heavy atom. The van der Waals surface area contributed by atoms with E-state index in [0.717, 1.165) is 11.8 Å². The highest BCUT2D eigenvalue weighted by Gasteiger charge is 2.13. The van der Waals surface area contributed by atoms with Crippen molar-refractivity contribution in [2.75, 3.05) is 18.2 Å². The first-order chi connectivity index (χ1) is 13.1. The highest BCUT2D eigenvalue weighted by molar-refractivity contribution is 7.99. The Kier molecular flexibility index (Phi) is 5.67. The van der Waals surface area contributed by atoms with Crippen molar-refractivity contribution in [3.8, 4) is 11.4 Å². The molecule has 1 heterocycles. The van der Waals surface area contributed by atoms with E-state index in [0.29, 0.717) is 16.6 Å². The molecule has 0 atom stereocenters. The molecule has 0 radical (unpaired) electrons. The Morgan fingerprint density at radius 3 is 2.81 bits per heavy atom. The van der Waals surface area contributed by atoms with Crippen LogP contribution in [0.25, 0.3) is 5.69 Å². The first-order valence-electron chi connectivity index (χ1n) is 7.74. The van der Waals surface area contributed by atoms with Gasteiger partial charge in [0.25, 0.3) is 0 Å². The summed E-state index contributed by atoms with van der Waals surface area (Å²) in [5.41, 5.74) is 0.775. The molecule has 0 aliphatic carbocycles. The van der Waals surface area contributed by atoms with Crippen LogP contribution in [0, 0.1) is 0 Å². The number of anilines is 1. The minimum absolute atomic E-state index is 0.00821. The van der Waals surface area contributed by atoms with E-state index in [9.17, 15) is 14.7 Å². The number of hydrogen-bond acceptors (Lipinski definition) is 8. The fourth-order valence-corrected chi connectivity index (χ4v) is 2.95. The normalized spacial score (nSPS) is 10.4. The third kappa shape index (κ3) is 4.42. The number of ether oxygens (including phenoxy) is 1. The summed E-state index contributed by atoms with van der Waals surface area (Å²) < 4.78 is 6.66. The van der Waals surface area contributed by atoms with Gasteiger partial charge in [-0.25, -0.2) is 0 Å². The molecule has 0 saturated carbocycles. The van der Waals surface area contributed by atoms with Gasteiger partial charge in [0.2, 0.25) is 11.1 Å². The number of benzene rings is 2. The second-order valence-corrected chi connectivity index (χ2v) is 6.19. The summed E-state index contributed by atoms with van der Waals surface area (Å²) >= 11 is 1.11. The van der Waals surface area contributed by atoms with Gasteiger partial charge < -0.3 is 20.0 Å². The number of thioether (sulfide) groups is 1. The highest BCUT2D eigenvalue weighted by Crippen LogP contribution is 2.22. The number of rotatable bonds is 7. The van der Waals surface area contributed by atoms with Crippen LogP contribution in [0.2, 0.25) is 0 Å². The zero-order valence-electron chi connectivity index (χ0n) is 14.2. The Balaban J connectivity index is 1.69. The van der Waals surface area contributed by atoms with Crippen molar-refractivity contribution in [1.29, 1.82) is 0 Å². The fraction of sp³-hybridized carbons (Fsp3) is 0.118. The first-order valence-corrected chi connectivity index (χ1v) is 8.73. The molecule has 138 valence electrons. The maximum atomic E-state index is 12.2. The van der Waals surface area contributed by atoms with Gasteiger partial charge in [-0.2, -0.15) is 4.68 Å². The van der Waals surface area contributed by atoms with E-state index in [-0.39, 0.29) is 17.0 Å². The van der Waals surface area contributed by atoms with Crippen molar-refractivity contribution in [2.45, 2.75) is 5.16 Å². The Hall–Kier alpha value is -3.40. The summed E-state index contributed by atoms with van der Waals surface area (Å²) in [5, 5.41) is 25.5. The zero-order valence-corrected chi connectivity index (χ0v) is 15.0. The van der Waals surface area contributed by atoms with Crippen LogP contribution in [-0.2, 0) is 4.79 Å². The van der Waals surface area contributed by atoms with Gasteiger partial charge in [0.1, 0.15) is 5.75 Å². The number of methoxy groups -OCH3 is 1. The maximum Gasteiger partial charge on any atom is 0.234 e. The largest absolute Gasteiger partial charge is 0.545 e. The Morgan fingerprint density at radius 1 is 1.22 bits per heavy atom. The van der Waals surface area contributed by atoms with E-state index in [1.807, 2.05) is 0 Å². The summed E-state index contributed by atoms with van der Waals surface area (Å²) in [6.45, 7) is 0. The minimum atomic E-state index is -1.36. The third-order valence-corrected chi connectivity index (χ3v) is 4.41. The van der Waals surface area contributed by atoms with Crippen LogP contribution in [0.4, 0.5) is 5.69 Å². The number of tetrazole rings is 1. The van der Waals surface area contributed by atoms with Crippen LogP contribution in [-0.4, -0.2) is 44.9 Å². The molecule has 3 rings (SSSR count). The summed E-state index contributed by atoms with van der Waals surface area (Å²) in [4.78, 5) is 23.3. The average molecular weight is 384 g/mol. The molecule has 9 nitrogen and oxygen atoms in total. The van der Waals surface area contributed by atoms with E-state index >= 15 is 0 Å². The molecule has 0 saturated heterocycles. The monoisotopic (exact) mass is 384 g/mol. The lowest BCUT2D eigenvalue weighted by molar-refractivity contribution is -0.254. The number of carboxylic acids is 1. The molecule has 1 aromatic heterocycles. The van der Waals surface area contributed by atoms with Crippen molar-refractivity contribution in [1.82, 2.24) is 20.2 Å². The van der Waals surface area contributed by atoms with E-state index in [1.165, 1.54) is 16.8 Å². The number of aromatic carboxylic acids is 1. The van der Waals surface area contributed by atoms with Crippen LogP contribution in [0.1, 0.15) is 10.4 Å². The van der Waals surface area contributed by atoms with Gasteiger partial charge >= 0.3 is 0 Å². The van der Waals surface area contributed by atoms with E-state index < -0.39 is 11.9 Å². The maximum absolute atomic E-state index is 12.2. The second kappa shape index (κ2) is 8.32. The molecule has 27 heavy (non-hydrogen) atoms. The first kappa shape index (κ1) is 18.4. The molecule has 0 aliphatic heterocycles. The standard InChI is InChI=1S/C17H15N5O4S/c1-26-12-6-4-5-11(9-12)22-17(19-20-21-22)27-10-15(23)18-14-8-3-2-7-13(14)16(24)25/h2-9H,10H2,1H3,(H,18,23)(H,24,25)/p-1. The second-order valence-electron chi connectivity index (χ2n) is 5.24. The molecule has 3 aromatic rings. The number of nitrogens with zero attached hydrogens (tertiary/aromatic N) is 4. The minimum Gasteiger partial charge on any atom is -0.545 e. The predicted molar refractivity (Wildman–Crippen MR) is 95.8 cm³/mol. The number of para-hydroxylation sites is 1. The van der Waals surface area contributed by atoms with Gasteiger partial charge in [0.15, 0.2) is 0 Å². The van der Waals surface area contributed by atoms with Crippen molar-refractivity contribution >= 4 is 29.3 Å². The number of carbonyl (C=O) groups excluding carboxylic acids is 2. The molecule has 0 bridgehead atoms. The van der Waals surface area contributed by atoms with Gasteiger partial charge in [0.05, 0.1) is 24.5 Å². The van der Waals surface area contributed by atoms with Gasteiger partial charge in [-0.05, 0) is 28.6 Å². The number of nitrogens with one attached hydrogen (secondary N) is 1. The van der Waals surface area contributed by atoms with Crippen molar-refractivity contribution in [3.63, 3.8) is 0 Å². The van der Waals surface area contributed by atoms with E-state index in [4.69, 9.17) is 4.74 Å². The quantitative estimate of drug-likeness (QED) is 0.593. The SMILES string of the molecule is COc1cccc(-n2nnnc2SCC(=O)Nc2ccccc2C(=O)[O-])c1. The van der Waals surface area contributed by atoms with Crippen molar-refractivity contribution in [3.05, 3.63) is 54.1 Å². The third-order valence-electron chi connectivity index (χ3n) is 3.49. The smallest absolute Gasteiger partial charge is 0.234 e. The number of amides is 1. The van der Waals surface area contributed by atoms with Gasteiger partial charge in [-0.3, -0.25) is 4.79 Å².